The Morgan fingerprint density at radius 1 is 1.32 bits per heavy atom. The van der Waals surface area contributed by atoms with Crippen molar-refractivity contribution in [3.05, 3.63) is 40.8 Å². The molecule has 5 heteroatoms. The Kier molecular flexibility index (Phi) is 5.06. The van der Waals surface area contributed by atoms with Gasteiger partial charge < -0.3 is 9.47 Å². The maximum atomic E-state index is 13.9. The molecule has 0 N–H and O–H groups in total. The van der Waals surface area contributed by atoms with E-state index in [1.807, 2.05) is 24.6 Å². The summed E-state index contributed by atoms with van der Waals surface area (Å²) in [7, 11) is 1.46. The summed E-state index contributed by atoms with van der Waals surface area (Å²) in [5, 5.41) is 4.53. The van der Waals surface area contributed by atoms with Gasteiger partial charge in [0, 0.05) is 23.7 Å². The number of hydrogen-bond donors (Lipinski definition) is 0. The van der Waals surface area contributed by atoms with Gasteiger partial charge in [0.25, 0.3) is 0 Å². The van der Waals surface area contributed by atoms with Gasteiger partial charge in [-0.1, -0.05) is 6.07 Å². The predicted molar refractivity (Wildman–Crippen MR) is 84.3 cm³/mol. The molecule has 2 rings (SSSR count). The zero-order chi connectivity index (χ0) is 16.3. The van der Waals surface area contributed by atoms with Gasteiger partial charge in [-0.2, -0.15) is 0 Å². The standard InChI is InChI=1S/C17H23FN2O2/c1-6-22-17-14(12(4)20(19-17)11(2)3)9-13-7-8-16(21-5)15(18)10-13/h7-8,10-11H,6,9H2,1-5H3. The van der Waals surface area contributed by atoms with E-state index >= 15 is 0 Å². The molecule has 22 heavy (non-hydrogen) atoms. The number of rotatable bonds is 6. The molecule has 0 saturated heterocycles. The van der Waals surface area contributed by atoms with Crippen LogP contribution in [-0.2, 0) is 6.42 Å². The summed E-state index contributed by atoms with van der Waals surface area (Å²) in [6.07, 6.45) is 0.578. The number of benzene rings is 1. The largest absolute Gasteiger partial charge is 0.494 e. The number of aromatic nitrogens is 2. The smallest absolute Gasteiger partial charge is 0.236 e. The Morgan fingerprint density at radius 3 is 2.59 bits per heavy atom. The van der Waals surface area contributed by atoms with E-state index in [-0.39, 0.29) is 17.6 Å². The minimum atomic E-state index is -0.355. The fourth-order valence-corrected chi connectivity index (χ4v) is 2.51. The van der Waals surface area contributed by atoms with E-state index < -0.39 is 0 Å². The molecule has 4 nitrogen and oxygen atoms in total. The topological polar surface area (TPSA) is 36.3 Å². The van der Waals surface area contributed by atoms with Gasteiger partial charge in [0.2, 0.25) is 5.88 Å². The quantitative estimate of drug-likeness (QED) is 0.812. The highest BCUT2D eigenvalue weighted by Gasteiger charge is 2.18. The number of hydrogen-bond acceptors (Lipinski definition) is 3. The molecule has 0 aliphatic carbocycles. The van der Waals surface area contributed by atoms with Crippen LogP contribution < -0.4 is 9.47 Å². The zero-order valence-electron chi connectivity index (χ0n) is 13.8. The minimum absolute atomic E-state index is 0.251. The van der Waals surface area contributed by atoms with E-state index in [1.165, 1.54) is 13.2 Å². The van der Waals surface area contributed by atoms with Crippen LogP contribution in [0.2, 0.25) is 0 Å². The molecule has 0 aliphatic rings. The Balaban J connectivity index is 2.37. The SMILES string of the molecule is CCOc1nn(C(C)C)c(C)c1Cc1ccc(OC)c(F)c1. The van der Waals surface area contributed by atoms with Gasteiger partial charge in [-0.25, -0.2) is 4.39 Å². The molecular weight excluding hydrogens is 283 g/mol. The van der Waals surface area contributed by atoms with E-state index in [0.717, 1.165) is 16.8 Å². The molecule has 0 spiro atoms. The minimum Gasteiger partial charge on any atom is -0.494 e. The summed E-state index contributed by atoms with van der Waals surface area (Å²) < 4.78 is 26.4. The third-order valence-corrected chi connectivity index (χ3v) is 3.60. The Hall–Kier alpha value is -2.04. The lowest BCUT2D eigenvalue weighted by Gasteiger charge is -2.09. The first kappa shape index (κ1) is 16.3. The molecule has 0 fully saturated rings. The van der Waals surface area contributed by atoms with Gasteiger partial charge in [-0.3, -0.25) is 4.68 Å². The molecule has 0 radical (unpaired) electrons. The second-order valence-electron chi connectivity index (χ2n) is 5.49. The molecular formula is C17H23FN2O2. The summed E-state index contributed by atoms with van der Waals surface area (Å²) >= 11 is 0. The molecule has 1 heterocycles. The molecule has 0 unspecified atom stereocenters. The van der Waals surface area contributed by atoms with Crippen LogP contribution in [0.1, 0.15) is 43.6 Å². The number of nitrogens with zero attached hydrogens (tertiary/aromatic N) is 2. The molecule has 120 valence electrons. The van der Waals surface area contributed by atoms with E-state index in [9.17, 15) is 4.39 Å². The van der Waals surface area contributed by atoms with Crippen LogP contribution in [0.25, 0.3) is 0 Å². The zero-order valence-corrected chi connectivity index (χ0v) is 13.8. The summed E-state index contributed by atoms with van der Waals surface area (Å²) in [5.41, 5.74) is 2.92. The summed E-state index contributed by atoms with van der Waals surface area (Å²) in [6.45, 7) is 8.66. The van der Waals surface area contributed by atoms with E-state index in [4.69, 9.17) is 9.47 Å². The molecule has 2 aromatic rings. The van der Waals surface area contributed by atoms with Gasteiger partial charge in [0.1, 0.15) is 0 Å². The highest BCUT2D eigenvalue weighted by Crippen LogP contribution is 2.28. The van der Waals surface area contributed by atoms with Gasteiger partial charge in [0.05, 0.1) is 13.7 Å². The monoisotopic (exact) mass is 306 g/mol. The van der Waals surface area contributed by atoms with Crippen LogP contribution in [0.4, 0.5) is 4.39 Å². The summed E-state index contributed by atoms with van der Waals surface area (Å²) in [4.78, 5) is 0. The van der Waals surface area contributed by atoms with Gasteiger partial charge in [0.15, 0.2) is 11.6 Å². The average Bonchev–Trinajstić information content (AvgIpc) is 2.77. The molecule has 0 bridgehead atoms. The number of ether oxygens (including phenoxy) is 2. The van der Waals surface area contributed by atoms with E-state index in [1.54, 1.807) is 6.07 Å². The molecule has 0 aliphatic heterocycles. The van der Waals surface area contributed by atoms with Crippen LogP contribution in [-0.4, -0.2) is 23.5 Å². The molecule has 1 aromatic heterocycles. The Morgan fingerprint density at radius 2 is 2.05 bits per heavy atom. The van der Waals surface area contributed by atoms with E-state index in [0.29, 0.717) is 18.9 Å². The van der Waals surface area contributed by atoms with Crippen molar-refractivity contribution in [3.8, 4) is 11.6 Å². The van der Waals surface area contributed by atoms with Crippen molar-refractivity contribution in [2.24, 2.45) is 0 Å². The first-order chi connectivity index (χ1) is 10.5. The second kappa shape index (κ2) is 6.81. The lowest BCUT2D eigenvalue weighted by atomic mass is 10.0. The first-order valence-corrected chi connectivity index (χ1v) is 7.51. The summed E-state index contributed by atoms with van der Waals surface area (Å²) in [6, 6.07) is 5.26. The predicted octanol–water partition coefficient (Wildman–Crippen LogP) is 3.91. The highest BCUT2D eigenvalue weighted by atomic mass is 19.1. The van der Waals surface area contributed by atoms with Gasteiger partial charge >= 0.3 is 0 Å². The van der Waals surface area contributed by atoms with Crippen LogP contribution in [0.5, 0.6) is 11.6 Å². The van der Waals surface area contributed by atoms with Crippen molar-refractivity contribution in [3.63, 3.8) is 0 Å². The Bertz CT molecular complexity index is 650. The molecule has 0 amide bonds. The normalized spacial score (nSPS) is 11.0. The van der Waals surface area contributed by atoms with Crippen molar-refractivity contribution >= 4 is 0 Å². The van der Waals surface area contributed by atoms with Gasteiger partial charge in [-0.05, 0) is 45.4 Å². The highest BCUT2D eigenvalue weighted by molar-refractivity contribution is 5.38. The molecule has 0 atom stereocenters. The number of methoxy groups -OCH3 is 1. The third kappa shape index (κ3) is 3.24. The fraction of sp³-hybridized carbons (Fsp3) is 0.471. The molecule has 1 aromatic carbocycles. The van der Waals surface area contributed by atoms with Crippen molar-refractivity contribution < 1.29 is 13.9 Å². The van der Waals surface area contributed by atoms with Crippen molar-refractivity contribution in [2.75, 3.05) is 13.7 Å². The molecule has 0 saturated carbocycles. The maximum Gasteiger partial charge on any atom is 0.236 e. The lowest BCUT2D eigenvalue weighted by molar-refractivity contribution is 0.316. The van der Waals surface area contributed by atoms with Crippen LogP contribution in [0, 0.1) is 12.7 Å². The van der Waals surface area contributed by atoms with E-state index in [2.05, 4.69) is 18.9 Å². The van der Waals surface area contributed by atoms with Crippen molar-refractivity contribution in [1.29, 1.82) is 0 Å². The summed E-state index contributed by atoms with van der Waals surface area (Å²) in [5.74, 6) is 0.528. The average molecular weight is 306 g/mol. The number of halogens is 1. The maximum absolute atomic E-state index is 13.9. The van der Waals surface area contributed by atoms with Gasteiger partial charge in [-0.15, -0.1) is 5.10 Å². The van der Waals surface area contributed by atoms with Crippen LogP contribution >= 0.6 is 0 Å². The van der Waals surface area contributed by atoms with Crippen molar-refractivity contribution in [1.82, 2.24) is 9.78 Å². The fourth-order valence-electron chi connectivity index (χ4n) is 2.51. The third-order valence-electron chi connectivity index (χ3n) is 3.60. The van der Waals surface area contributed by atoms with Crippen LogP contribution in [0.15, 0.2) is 18.2 Å². The Labute approximate surface area is 130 Å². The second-order valence-corrected chi connectivity index (χ2v) is 5.49. The van der Waals surface area contributed by atoms with Crippen LogP contribution in [0.3, 0.4) is 0 Å². The first-order valence-electron chi connectivity index (χ1n) is 7.51. The van der Waals surface area contributed by atoms with Crippen molar-refractivity contribution in [2.45, 2.75) is 40.2 Å². The lowest BCUT2D eigenvalue weighted by Crippen LogP contribution is -2.05.